The van der Waals surface area contributed by atoms with E-state index >= 15 is 0 Å². The molecule has 2 aromatic rings. The van der Waals surface area contributed by atoms with E-state index < -0.39 is 23.5 Å². The Balaban J connectivity index is 0.000000427. The second-order valence-corrected chi connectivity index (χ2v) is 11.0. The van der Waals surface area contributed by atoms with Crippen LogP contribution in [0, 0.1) is 17.2 Å². The van der Waals surface area contributed by atoms with Gasteiger partial charge in [0.2, 0.25) is 17.8 Å². The number of amides is 2. The van der Waals surface area contributed by atoms with Crippen molar-refractivity contribution in [3.63, 3.8) is 0 Å². The summed E-state index contributed by atoms with van der Waals surface area (Å²) in [6, 6.07) is 3.52. The van der Waals surface area contributed by atoms with Crippen LogP contribution in [0.2, 0.25) is 0 Å². The summed E-state index contributed by atoms with van der Waals surface area (Å²) in [5, 5.41) is 16.9. The van der Waals surface area contributed by atoms with Crippen molar-refractivity contribution in [2.45, 2.75) is 110 Å². The van der Waals surface area contributed by atoms with E-state index in [4.69, 9.17) is 10.00 Å². The van der Waals surface area contributed by atoms with Crippen molar-refractivity contribution in [2.24, 2.45) is 5.92 Å². The number of rotatable bonds is 6. The molecule has 222 valence electrons. The Hall–Kier alpha value is -3.43. The normalized spacial score (nSPS) is 17.6. The zero-order valence-electron chi connectivity index (χ0n) is 23.4. The van der Waals surface area contributed by atoms with Gasteiger partial charge in [-0.3, -0.25) is 4.79 Å². The van der Waals surface area contributed by atoms with Crippen LogP contribution in [0.25, 0.3) is 5.65 Å². The summed E-state index contributed by atoms with van der Waals surface area (Å²) >= 11 is 0. The molecule has 0 bridgehead atoms. The van der Waals surface area contributed by atoms with Crippen LogP contribution in [-0.2, 0) is 22.6 Å². The molecule has 0 aliphatic heterocycles. The first-order chi connectivity index (χ1) is 18.6. The predicted octanol–water partition coefficient (Wildman–Crippen LogP) is 5.92. The summed E-state index contributed by atoms with van der Waals surface area (Å²) in [4.78, 5) is 28.0. The Kier molecular flexibility index (Phi) is 11.7. The zero-order chi connectivity index (χ0) is 30.0. The van der Waals surface area contributed by atoms with Gasteiger partial charge in [-0.15, -0.1) is 0 Å². The number of alkyl halides is 4. The van der Waals surface area contributed by atoms with Gasteiger partial charge in [0.25, 0.3) is 0 Å². The Labute approximate surface area is 231 Å². The molecule has 4 rings (SSSR count). The lowest BCUT2D eigenvalue weighted by Crippen LogP contribution is -2.38. The first-order valence-electron chi connectivity index (χ1n) is 13.2. The molecule has 2 amide bonds. The Morgan fingerprint density at radius 2 is 1.73 bits per heavy atom. The molecule has 9 nitrogen and oxygen atoms in total. The van der Waals surface area contributed by atoms with Gasteiger partial charge in [-0.2, -0.15) is 10.4 Å². The fourth-order valence-corrected chi connectivity index (χ4v) is 4.16. The minimum atomic E-state index is -2.61. The predicted molar refractivity (Wildman–Crippen MR) is 140 cm³/mol. The maximum Gasteiger partial charge on any atom is 0.407 e. The lowest BCUT2D eigenvalue weighted by atomic mass is 9.79. The van der Waals surface area contributed by atoms with E-state index in [9.17, 15) is 27.2 Å². The van der Waals surface area contributed by atoms with E-state index in [0.29, 0.717) is 24.2 Å². The summed E-state index contributed by atoms with van der Waals surface area (Å²) < 4.78 is 56.8. The van der Waals surface area contributed by atoms with Gasteiger partial charge in [0.05, 0.1) is 30.7 Å². The number of nitrogens with zero attached hydrogens (tertiary/aromatic N) is 4. The van der Waals surface area contributed by atoms with E-state index in [1.807, 2.05) is 0 Å². The van der Waals surface area contributed by atoms with Crippen LogP contribution in [-0.4, -0.2) is 44.0 Å². The van der Waals surface area contributed by atoms with Gasteiger partial charge in [0.1, 0.15) is 5.60 Å². The molecule has 0 atom stereocenters. The molecular formula is C27H38F4N6O3. The number of carbonyl (C=O) groups excluding carboxylic acids is 2. The maximum absolute atomic E-state index is 12.8. The van der Waals surface area contributed by atoms with Crippen LogP contribution in [0.5, 0.6) is 0 Å². The highest BCUT2D eigenvalue weighted by molar-refractivity contribution is 5.76. The molecule has 2 fully saturated rings. The molecule has 0 radical (unpaired) electrons. The van der Waals surface area contributed by atoms with Gasteiger partial charge < -0.3 is 15.4 Å². The molecule has 13 heteroatoms. The quantitative estimate of drug-likeness (QED) is 0.416. The number of imidazole rings is 1. The molecular weight excluding hydrogens is 532 g/mol. The van der Waals surface area contributed by atoms with E-state index in [-0.39, 0.29) is 57.0 Å². The van der Waals surface area contributed by atoms with Gasteiger partial charge in [-0.1, -0.05) is 6.42 Å². The molecule has 2 aliphatic rings. The Morgan fingerprint density at radius 1 is 1.10 bits per heavy atom. The van der Waals surface area contributed by atoms with Crippen LogP contribution in [0.3, 0.4) is 0 Å². The van der Waals surface area contributed by atoms with Crippen molar-refractivity contribution >= 4 is 17.6 Å². The first-order valence-corrected chi connectivity index (χ1v) is 13.2. The van der Waals surface area contributed by atoms with Crippen molar-refractivity contribution in [1.82, 2.24) is 25.2 Å². The second-order valence-electron chi connectivity index (χ2n) is 11.0. The van der Waals surface area contributed by atoms with Gasteiger partial charge in [-0.05, 0) is 51.2 Å². The minimum absolute atomic E-state index is 0.106. The Morgan fingerprint density at radius 3 is 2.25 bits per heavy atom. The number of carbonyl (C=O) groups is 2. The van der Waals surface area contributed by atoms with E-state index in [0.717, 1.165) is 12.0 Å². The number of alkyl carbamates (subject to hydrolysis) is 1. The molecule has 2 heterocycles. The third-order valence-corrected chi connectivity index (χ3v) is 5.96. The topological polar surface area (TPSA) is 121 Å². The van der Waals surface area contributed by atoms with Crippen LogP contribution >= 0.6 is 0 Å². The van der Waals surface area contributed by atoms with Crippen molar-refractivity contribution in [1.29, 1.82) is 5.26 Å². The highest BCUT2D eigenvalue weighted by Crippen LogP contribution is 2.43. The third kappa shape index (κ3) is 12.2. The smallest absolute Gasteiger partial charge is 0.407 e. The number of fused-ring (bicyclic) bond motifs is 1. The molecule has 0 aromatic carbocycles. The molecule has 0 saturated heterocycles. The summed E-state index contributed by atoms with van der Waals surface area (Å²) in [5.74, 6) is -5.44. The standard InChI is InChI=1S/C19H25F2N5O3.C6H10F2.C2H3N/c1-18(2,3)29-17(28)23-10-14-11-26-15(25-14)4-13(9-24-26)8-22-16(27)5-12-6-19(20,21)7-12;7-6(8)4-2-1-3-5-6;1-2-3/h4,9,11-12H,5-8,10H2,1-3H3,(H,22,27)(H,23,28);1-5H2;1H3. The third-order valence-electron chi connectivity index (χ3n) is 5.96. The fraction of sp³-hybridized carbons (Fsp3) is 0.667. The molecule has 2 aromatic heterocycles. The lowest BCUT2D eigenvalue weighted by Gasteiger charge is -2.34. The average molecular weight is 571 g/mol. The largest absolute Gasteiger partial charge is 0.444 e. The summed E-state index contributed by atoms with van der Waals surface area (Å²) in [7, 11) is 0. The molecule has 2 N–H and O–H groups in total. The van der Waals surface area contributed by atoms with E-state index in [1.165, 1.54) is 6.92 Å². The summed E-state index contributed by atoms with van der Waals surface area (Å²) in [6.45, 7) is 7.20. The molecule has 2 aliphatic carbocycles. The fourth-order valence-electron chi connectivity index (χ4n) is 4.16. The minimum Gasteiger partial charge on any atom is -0.444 e. The highest BCUT2D eigenvalue weighted by atomic mass is 19.3. The highest BCUT2D eigenvalue weighted by Gasteiger charge is 2.45. The number of ether oxygens (including phenoxy) is 1. The lowest BCUT2D eigenvalue weighted by molar-refractivity contribution is -0.133. The second kappa shape index (κ2) is 14.3. The molecule has 40 heavy (non-hydrogen) atoms. The number of nitriles is 1. The van der Waals surface area contributed by atoms with Gasteiger partial charge in [0, 0.05) is 45.6 Å². The van der Waals surface area contributed by atoms with Crippen molar-refractivity contribution in [3.8, 4) is 6.07 Å². The number of aromatic nitrogens is 3. The SMILES string of the molecule is CC#N.CC(C)(C)OC(=O)NCc1cn2ncc(CNC(=O)CC3CC(F)(F)C3)cc2n1.FC1(F)CCCCC1. The van der Waals surface area contributed by atoms with Crippen molar-refractivity contribution in [2.75, 3.05) is 0 Å². The van der Waals surface area contributed by atoms with Gasteiger partial charge in [0.15, 0.2) is 5.65 Å². The molecule has 2 saturated carbocycles. The number of nitrogens with one attached hydrogen (secondary N) is 2. The monoisotopic (exact) mass is 570 g/mol. The van der Waals surface area contributed by atoms with Crippen LogP contribution in [0.4, 0.5) is 22.4 Å². The molecule has 0 spiro atoms. The first kappa shape index (κ1) is 32.8. The van der Waals surface area contributed by atoms with Gasteiger partial charge >= 0.3 is 6.09 Å². The van der Waals surface area contributed by atoms with Crippen LogP contribution < -0.4 is 10.6 Å². The summed E-state index contributed by atoms with van der Waals surface area (Å²) in [5.41, 5.74) is 1.33. The van der Waals surface area contributed by atoms with Crippen molar-refractivity contribution in [3.05, 3.63) is 29.7 Å². The van der Waals surface area contributed by atoms with Crippen LogP contribution in [0.1, 0.15) is 90.3 Å². The van der Waals surface area contributed by atoms with Crippen LogP contribution in [0.15, 0.2) is 18.5 Å². The van der Waals surface area contributed by atoms with E-state index in [1.54, 1.807) is 49.8 Å². The van der Waals surface area contributed by atoms with E-state index in [2.05, 4.69) is 20.7 Å². The average Bonchev–Trinajstić information content (AvgIpc) is 3.22. The number of hydrogen-bond donors (Lipinski definition) is 2. The number of hydrogen-bond acceptors (Lipinski definition) is 6. The van der Waals surface area contributed by atoms with Crippen molar-refractivity contribution < 1.29 is 31.9 Å². The summed E-state index contributed by atoms with van der Waals surface area (Å²) in [6.07, 6.45) is 5.08. The van der Waals surface area contributed by atoms with Gasteiger partial charge in [-0.25, -0.2) is 31.9 Å². The maximum atomic E-state index is 12.8. The molecule has 0 unspecified atom stereocenters. The Bertz CT molecular complexity index is 1160. The number of halogens is 4. The zero-order valence-corrected chi connectivity index (χ0v) is 23.4.